The summed E-state index contributed by atoms with van der Waals surface area (Å²) < 4.78 is 16.6. The molecule has 0 spiro atoms. The minimum absolute atomic E-state index is 0.0368. The van der Waals surface area contributed by atoms with Crippen molar-refractivity contribution in [3.8, 4) is 11.5 Å². The third-order valence-electron chi connectivity index (χ3n) is 6.26. The van der Waals surface area contributed by atoms with Crippen LogP contribution in [-0.4, -0.2) is 35.4 Å². The summed E-state index contributed by atoms with van der Waals surface area (Å²) in [6.07, 6.45) is 1.48. The minimum Gasteiger partial charge on any atom is -0.507 e. The highest BCUT2D eigenvalue weighted by atomic mass is 16.5. The number of benzene rings is 2. The van der Waals surface area contributed by atoms with Crippen molar-refractivity contribution in [1.82, 2.24) is 4.90 Å². The lowest BCUT2D eigenvalue weighted by Gasteiger charge is -2.24. The van der Waals surface area contributed by atoms with E-state index in [4.69, 9.17) is 13.9 Å². The maximum atomic E-state index is 13.3. The summed E-state index contributed by atoms with van der Waals surface area (Å²) in [6.45, 7) is 8.76. The molecule has 0 bridgehead atoms. The highest BCUT2D eigenvalue weighted by molar-refractivity contribution is 6.46. The van der Waals surface area contributed by atoms with Crippen LogP contribution in [0.5, 0.6) is 11.5 Å². The van der Waals surface area contributed by atoms with Gasteiger partial charge in [0.15, 0.2) is 0 Å². The Hall–Kier alpha value is -4.00. The fraction of sp³-hybridized carbons (Fsp3) is 0.310. The summed E-state index contributed by atoms with van der Waals surface area (Å²) in [7, 11) is 1.50. The van der Waals surface area contributed by atoms with Crippen molar-refractivity contribution in [1.29, 1.82) is 0 Å². The number of aliphatic hydroxyl groups excluding tert-OH is 1. The molecular formula is C29H31NO6. The highest BCUT2D eigenvalue weighted by Crippen LogP contribution is 2.42. The van der Waals surface area contributed by atoms with Crippen molar-refractivity contribution in [2.24, 2.45) is 0 Å². The predicted octanol–water partition coefficient (Wildman–Crippen LogP) is 5.61. The molecule has 1 aromatic heterocycles. The van der Waals surface area contributed by atoms with E-state index in [2.05, 4.69) is 20.8 Å². The van der Waals surface area contributed by atoms with E-state index < -0.39 is 17.7 Å². The molecule has 1 aliphatic heterocycles. The topological polar surface area (TPSA) is 89.2 Å². The molecule has 0 radical (unpaired) electrons. The second-order valence-corrected chi connectivity index (χ2v) is 9.68. The number of methoxy groups -OCH3 is 1. The van der Waals surface area contributed by atoms with Crippen LogP contribution in [0.3, 0.4) is 0 Å². The van der Waals surface area contributed by atoms with E-state index in [1.807, 2.05) is 37.3 Å². The van der Waals surface area contributed by atoms with Gasteiger partial charge in [-0.2, -0.15) is 0 Å². The molecular weight excluding hydrogens is 458 g/mol. The number of likely N-dealkylation sites (tertiary alicyclic amines) is 1. The summed E-state index contributed by atoms with van der Waals surface area (Å²) in [5.74, 6) is -0.284. The zero-order valence-corrected chi connectivity index (χ0v) is 21.2. The molecule has 2 aromatic carbocycles. The third kappa shape index (κ3) is 4.73. The first-order chi connectivity index (χ1) is 17.2. The number of aliphatic hydroxyl groups is 1. The van der Waals surface area contributed by atoms with E-state index in [9.17, 15) is 14.7 Å². The average Bonchev–Trinajstić information content (AvgIpc) is 3.47. The molecule has 7 nitrogen and oxygen atoms in total. The molecule has 36 heavy (non-hydrogen) atoms. The molecule has 7 heteroatoms. The molecule has 0 saturated carbocycles. The Morgan fingerprint density at radius 2 is 1.81 bits per heavy atom. The molecule has 0 aliphatic carbocycles. The Morgan fingerprint density at radius 1 is 1.08 bits per heavy atom. The molecule has 1 atom stereocenters. The molecule has 1 saturated heterocycles. The number of ketones is 1. The van der Waals surface area contributed by atoms with Gasteiger partial charge in [-0.3, -0.25) is 9.59 Å². The summed E-state index contributed by atoms with van der Waals surface area (Å²) in [4.78, 5) is 28.0. The fourth-order valence-electron chi connectivity index (χ4n) is 4.34. The normalized spacial score (nSPS) is 17.5. The van der Waals surface area contributed by atoms with Gasteiger partial charge >= 0.3 is 0 Å². The number of nitrogens with zero attached hydrogens (tertiary/aromatic N) is 1. The monoisotopic (exact) mass is 489 g/mol. The molecule has 1 fully saturated rings. The standard InChI is InChI=1S/C29H31NO6/c1-6-35-20-12-9-18(10-13-20)17-30-25(23-8-7-15-36-23)24(27(32)28(30)33)26(31)21-16-19(29(2,3)4)11-14-22(21)34-5/h7-16,25,31H,6,17H2,1-5H3/b26-24+. The van der Waals surface area contributed by atoms with Gasteiger partial charge in [0.2, 0.25) is 0 Å². The number of rotatable bonds is 7. The van der Waals surface area contributed by atoms with Crippen LogP contribution in [-0.2, 0) is 21.5 Å². The Bertz CT molecular complexity index is 1280. The SMILES string of the molecule is CCOc1ccc(CN2C(=O)C(=O)/C(=C(/O)c3cc(C(C)(C)C)ccc3OC)C2c2ccco2)cc1. The molecule has 188 valence electrons. The lowest BCUT2D eigenvalue weighted by molar-refractivity contribution is -0.140. The first-order valence-corrected chi connectivity index (χ1v) is 11.9. The first-order valence-electron chi connectivity index (χ1n) is 11.9. The first kappa shape index (κ1) is 25.1. The Labute approximate surface area is 210 Å². The van der Waals surface area contributed by atoms with Gasteiger partial charge in [-0.25, -0.2) is 0 Å². The van der Waals surface area contributed by atoms with E-state index in [0.29, 0.717) is 23.7 Å². The van der Waals surface area contributed by atoms with E-state index in [1.165, 1.54) is 18.3 Å². The predicted molar refractivity (Wildman–Crippen MR) is 136 cm³/mol. The molecule has 1 unspecified atom stereocenters. The van der Waals surface area contributed by atoms with Crippen LogP contribution in [0.1, 0.15) is 56.2 Å². The van der Waals surface area contributed by atoms with Crippen LogP contribution in [0.2, 0.25) is 0 Å². The van der Waals surface area contributed by atoms with Crippen molar-refractivity contribution < 1.29 is 28.6 Å². The van der Waals surface area contributed by atoms with Gasteiger partial charge in [-0.1, -0.05) is 39.0 Å². The molecule has 1 N–H and O–H groups in total. The van der Waals surface area contributed by atoms with E-state index in [1.54, 1.807) is 24.3 Å². The van der Waals surface area contributed by atoms with Crippen molar-refractivity contribution >= 4 is 17.4 Å². The zero-order valence-electron chi connectivity index (χ0n) is 21.2. The second kappa shape index (κ2) is 9.93. The number of amides is 1. The number of carbonyl (C=O) groups excluding carboxylic acids is 2. The lowest BCUT2D eigenvalue weighted by Crippen LogP contribution is -2.29. The summed E-state index contributed by atoms with van der Waals surface area (Å²) in [6, 6.07) is 15.3. The van der Waals surface area contributed by atoms with Crippen molar-refractivity contribution in [2.75, 3.05) is 13.7 Å². The lowest BCUT2D eigenvalue weighted by atomic mass is 9.85. The number of furan rings is 1. The van der Waals surface area contributed by atoms with Gasteiger partial charge in [-0.15, -0.1) is 0 Å². The molecule has 1 aliphatic rings. The quantitative estimate of drug-likeness (QED) is 0.264. The van der Waals surface area contributed by atoms with Gasteiger partial charge in [-0.05, 0) is 59.9 Å². The van der Waals surface area contributed by atoms with E-state index in [-0.39, 0.29) is 23.3 Å². The highest BCUT2D eigenvalue weighted by Gasteiger charge is 2.47. The summed E-state index contributed by atoms with van der Waals surface area (Å²) in [5.41, 5.74) is 1.86. The van der Waals surface area contributed by atoms with Gasteiger partial charge in [0.25, 0.3) is 11.7 Å². The van der Waals surface area contributed by atoms with Gasteiger partial charge in [0.1, 0.15) is 29.1 Å². The van der Waals surface area contributed by atoms with Crippen LogP contribution in [0.25, 0.3) is 5.76 Å². The number of hydrogen-bond donors (Lipinski definition) is 1. The maximum Gasteiger partial charge on any atom is 0.296 e. The number of ether oxygens (including phenoxy) is 2. The van der Waals surface area contributed by atoms with Crippen LogP contribution in [0, 0.1) is 0 Å². The third-order valence-corrected chi connectivity index (χ3v) is 6.26. The Morgan fingerprint density at radius 3 is 2.39 bits per heavy atom. The largest absolute Gasteiger partial charge is 0.507 e. The summed E-state index contributed by atoms with van der Waals surface area (Å²) in [5, 5.41) is 11.5. The molecule has 1 amide bonds. The maximum absolute atomic E-state index is 13.3. The van der Waals surface area contributed by atoms with Crippen molar-refractivity contribution in [2.45, 2.75) is 45.7 Å². The minimum atomic E-state index is -0.894. The van der Waals surface area contributed by atoms with E-state index >= 15 is 0 Å². The fourth-order valence-corrected chi connectivity index (χ4v) is 4.34. The van der Waals surface area contributed by atoms with Crippen LogP contribution in [0.15, 0.2) is 70.9 Å². The zero-order chi connectivity index (χ0) is 26.0. The number of hydrogen-bond acceptors (Lipinski definition) is 6. The molecule has 4 rings (SSSR count). The van der Waals surface area contributed by atoms with Gasteiger partial charge in [0.05, 0.1) is 31.1 Å². The van der Waals surface area contributed by atoms with Gasteiger partial charge < -0.3 is 23.9 Å². The number of carbonyl (C=O) groups is 2. The van der Waals surface area contributed by atoms with Crippen LogP contribution >= 0.6 is 0 Å². The Balaban J connectivity index is 1.82. The number of Topliss-reactive ketones (excluding diaryl/α,β-unsaturated/α-hetero) is 1. The molecule has 3 aromatic rings. The van der Waals surface area contributed by atoms with Crippen molar-refractivity contribution in [3.05, 3.63) is 88.9 Å². The second-order valence-electron chi connectivity index (χ2n) is 9.68. The van der Waals surface area contributed by atoms with Gasteiger partial charge in [0, 0.05) is 6.54 Å². The summed E-state index contributed by atoms with van der Waals surface area (Å²) >= 11 is 0. The Kier molecular flexibility index (Phi) is 6.93. The van der Waals surface area contributed by atoms with Crippen LogP contribution < -0.4 is 9.47 Å². The molecule has 2 heterocycles. The van der Waals surface area contributed by atoms with Crippen LogP contribution in [0.4, 0.5) is 0 Å². The smallest absolute Gasteiger partial charge is 0.296 e. The van der Waals surface area contributed by atoms with Crippen molar-refractivity contribution in [3.63, 3.8) is 0 Å². The average molecular weight is 490 g/mol. The van der Waals surface area contributed by atoms with E-state index in [0.717, 1.165) is 16.9 Å².